The van der Waals surface area contributed by atoms with Crippen molar-refractivity contribution >= 4 is 23.9 Å². The lowest BCUT2D eigenvalue weighted by molar-refractivity contribution is 0.611. The zero-order valence-corrected chi connectivity index (χ0v) is 19.3. The molecule has 158 valence electrons. The molecule has 0 aromatic heterocycles. The first-order valence-corrected chi connectivity index (χ1v) is 9.95. The molecular weight excluding hydrogens is 367 g/mol. The molecule has 0 spiro atoms. The molecule has 0 radical (unpaired) electrons. The van der Waals surface area contributed by atoms with E-state index in [1.165, 1.54) is 10.5 Å². The smallest absolute Gasteiger partial charge is 0.134 e. The molecule has 0 amide bonds. The summed E-state index contributed by atoms with van der Waals surface area (Å²) < 4.78 is 14.1. The molecule has 0 unspecified atom stereocenters. The van der Waals surface area contributed by atoms with Gasteiger partial charge in [0.25, 0.3) is 0 Å². The molecule has 3 heteroatoms. The molecule has 28 heavy (non-hydrogen) atoms. The summed E-state index contributed by atoms with van der Waals surface area (Å²) in [5, 5.41) is 0. The summed E-state index contributed by atoms with van der Waals surface area (Å²) in [6.45, 7) is 33.6. The number of hydrogen-bond acceptors (Lipinski definition) is 1. The van der Waals surface area contributed by atoms with Crippen LogP contribution in [0.3, 0.4) is 0 Å². The predicted octanol–water partition coefficient (Wildman–Crippen LogP) is 7.75. The normalized spacial score (nSPS) is 8.07. The van der Waals surface area contributed by atoms with Crippen molar-refractivity contribution in [2.45, 2.75) is 47.5 Å². The Morgan fingerprint density at radius 1 is 1.00 bits per heavy atom. The molecule has 0 aliphatic carbocycles. The molecule has 1 nitrogen and oxygen atoms in total. The summed E-state index contributed by atoms with van der Waals surface area (Å²) in [4.78, 5) is 1.21. The van der Waals surface area contributed by atoms with Crippen molar-refractivity contribution in [1.82, 2.24) is 0 Å². The third-order valence-electron chi connectivity index (χ3n) is 3.50. The number of hydrogen-bond donors (Lipinski definition) is 0. The first-order valence-electron chi connectivity index (χ1n) is 8.96. The fourth-order valence-corrected chi connectivity index (χ4v) is 3.06. The van der Waals surface area contributed by atoms with E-state index >= 15 is 0 Å². The summed E-state index contributed by atoms with van der Waals surface area (Å²) in [5.41, 5.74) is 6.80. The number of thioether (sulfide) groups is 1. The van der Waals surface area contributed by atoms with E-state index < -0.39 is 0 Å². The first kappa shape index (κ1) is 33.5. The van der Waals surface area contributed by atoms with Crippen LogP contribution in [0.2, 0.25) is 0 Å². The molecule has 0 saturated heterocycles. The standard InChI is InChI=1S/C15H19F.C5H10S.C3H4.C2H4.H2O/c1-6-11-10(5)15(16)14(9-4)13(8-3)12(11)7-2;1-4-6-5(2)3;1-3-2;1-2;/h8-9H,3-4,6-7H2,1-2,5H3;2,4H2,1,3H3;1-2H2;1-2H2;1H2. The van der Waals surface area contributed by atoms with Gasteiger partial charge in [-0.3, -0.25) is 0 Å². The van der Waals surface area contributed by atoms with Crippen molar-refractivity contribution in [3.63, 3.8) is 0 Å². The first-order chi connectivity index (χ1) is 12.8. The third kappa shape index (κ3) is 11.6. The molecule has 0 aliphatic rings. The van der Waals surface area contributed by atoms with E-state index in [9.17, 15) is 4.39 Å². The van der Waals surface area contributed by atoms with Gasteiger partial charge in [-0.05, 0) is 59.6 Å². The van der Waals surface area contributed by atoms with Crippen molar-refractivity contribution in [3.05, 3.63) is 90.3 Å². The van der Waals surface area contributed by atoms with E-state index in [1.54, 1.807) is 23.9 Å². The van der Waals surface area contributed by atoms with E-state index in [2.05, 4.69) is 72.6 Å². The maximum Gasteiger partial charge on any atom is 0.134 e. The molecule has 0 bridgehead atoms. The molecular formula is C25H39FOS. The summed E-state index contributed by atoms with van der Waals surface area (Å²) in [5.74, 6) is 0.994. The van der Waals surface area contributed by atoms with Crippen molar-refractivity contribution < 1.29 is 9.87 Å². The monoisotopic (exact) mass is 406 g/mol. The number of halogens is 1. The quantitative estimate of drug-likeness (QED) is 0.351. The van der Waals surface area contributed by atoms with E-state index in [-0.39, 0.29) is 11.3 Å². The van der Waals surface area contributed by atoms with Crippen LogP contribution in [0, 0.1) is 12.7 Å². The van der Waals surface area contributed by atoms with Gasteiger partial charge in [0.1, 0.15) is 5.82 Å². The van der Waals surface area contributed by atoms with Crippen LogP contribution >= 0.6 is 11.8 Å². The number of benzene rings is 1. The summed E-state index contributed by atoms with van der Waals surface area (Å²) in [7, 11) is 0. The van der Waals surface area contributed by atoms with E-state index in [0.717, 1.165) is 35.3 Å². The molecule has 1 rings (SSSR count). The predicted molar refractivity (Wildman–Crippen MR) is 133 cm³/mol. The highest BCUT2D eigenvalue weighted by Gasteiger charge is 2.16. The topological polar surface area (TPSA) is 31.5 Å². The second-order valence-electron chi connectivity index (χ2n) is 5.22. The Kier molecular flexibility index (Phi) is 25.4. The minimum atomic E-state index is -0.154. The van der Waals surface area contributed by atoms with Crippen LogP contribution in [0.1, 0.15) is 55.5 Å². The highest BCUT2D eigenvalue weighted by Crippen LogP contribution is 2.29. The van der Waals surface area contributed by atoms with Crippen LogP contribution in [0.15, 0.2) is 56.7 Å². The van der Waals surface area contributed by atoms with Gasteiger partial charge in [0.15, 0.2) is 0 Å². The maximum atomic E-state index is 14.1. The zero-order chi connectivity index (χ0) is 22.0. The second-order valence-corrected chi connectivity index (χ2v) is 6.79. The number of rotatable bonds is 6. The Bertz CT molecular complexity index is 639. The Labute approximate surface area is 177 Å². The summed E-state index contributed by atoms with van der Waals surface area (Å²) >= 11 is 1.79. The van der Waals surface area contributed by atoms with Crippen LogP contribution in [0.25, 0.3) is 12.2 Å². The lowest BCUT2D eigenvalue weighted by atomic mass is 9.88. The fourth-order valence-electron chi connectivity index (χ4n) is 2.57. The van der Waals surface area contributed by atoms with Crippen molar-refractivity contribution in [2.75, 3.05) is 5.75 Å². The van der Waals surface area contributed by atoms with Gasteiger partial charge in [-0.25, -0.2) is 4.39 Å². The summed E-state index contributed by atoms with van der Waals surface area (Å²) in [6.07, 6.45) is 5.06. The average molecular weight is 407 g/mol. The third-order valence-corrected chi connectivity index (χ3v) is 4.29. The largest absolute Gasteiger partial charge is 0.412 e. The van der Waals surface area contributed by atoms with Crippen molar-refractivity contribution in [3.8, 4) is 0 Å². The van der Waals surface area contributed by atoms with Crippen molar-refractivity contribution in [2.24, 2.45) is 0 Å². The minimum absolute atomic E-state index is 0. The molecule has 0 saturated carbocycles. The molecule has 1 aromatic rings. The van der Waals surface area contributed by atoms with Crippen LogP contribution in [-0.4, -0.2) is 11.2 Å². The summed E-state index contributed by atoms with van der Waals surface area (Å²) in [6, 6.07) is 0. The van der Waals surface area contributed by atoms with Gasteiger partial charge in [-0.15, -0.1) is 30.7 Å². The molecule has 1 aromatic carbocycles. The second kappa shape index (κ2) is 21.2. The fraction of sp³-hybridized carbons (Fsp3) is 0.320. The van der Waals surface area contributed by atoms with E-state index in [0.29, 0.717) is 5.56 Å². The highest BCUT2D eigenvalue weighted by atomic mass is 32.2. The lowest BCUT2D eigenvalue weighted by Gasteiger charge is -2.17. The minimum Gasteiger partial charge on any atom is -0.412 e. The van der Waals surface area contributed by atoms with Gasteiger partial charge in [0.2, 0.25) is 0 Å². The lowest BCUT2D eigenvalue weighted by Crippen LogP contribution is -2.05. The Hall–Kier alpha value is -2.06. The van der Waals surface area contributed by atoms with Gasteiger partial charge in [0, 0.05) is 5.56 Å². The van der Waals surface area contributed by atoms with Gasteiger partial charge in [0.05, 0.1) is 0 Å². The molecule has 0 heterocycles. The number of allylic oxidation sites excluding steroid dienone is 1. The van der Waals surface area contributed by atoms with Crippen LogP contribution in [0.4, 0.5) is 4.39 Å². The van der Waals surface area contributed by atoms with Gasteiger partial charge >= 0.3 is 0 Å². The van der Waals surface area contributed by atoms with E-state index in [4.69, 9.17) is 0 Å². The van der Waals surface area contributed by atoms with Crippen molar-refractivity contribution in [1.29, 1.82) is 0 Å². The van der Waals surface area contributed by atoms with Crippen LogP contribution in [-0.2, 0) is 12.8 Å². The molecule has 0 atom stereocenters. The maximum absolute atomic E-state index is 14.1. The highest BCUT2D eigenvalue weighted by molar-refractivity contribution is 8.02. The molecule has 0 fully saturated rings. The molecule has 0 aliphatic heterocycles. The van der Waals surface area contributed by atoms with Crippen LogP contribution < -0.4 is 0 Å². The average Bonchev–Trinajstić information content (AvgIpc) is 2.65. The zero-order valence-electron chi connectivity index (χ0n) is 18.5. The van der Waals surface area contributed by atoms with Crippen LogP contribution in [0.5, 0.6) is 0 Å². The Balaban J connectivity index is -0.000000201. The van der Waals surface area contributed by atoms with E-state index in [1.807, 2.05) is 13.8 Å². The van der Waals surface area contributed by atoms with Gasteiger partial charge in [-0.1, -0.05) is 65.8 Å². The van der Waals surface area contributed by atoms with Gasteiger partial charge < -0.3 is 5.48 Å². The SMILES string of the molecule is C=C.C=C(C)SCC.C=C=C.C=Cc1c(F)c(C)c(CC)c(CC)c1C=C.O. The Morgan fingerprint density at radius 3 is 1.61 bits per heavy atom. The molecule has 2 N–H and O–H groups in total. The Morgan fingerprint density at radius 2 is 1.39 bits per heavy atom. The van der Waals surface area contributed by atoms with Gasteiger partial charge in [-0.2, -0.15) is 0 Å².